The average Bonchev–Trinajstić information content (AvgIpc) is 2.56. The number of methoxy groups -OCH3 is 1. The molecule has 0 unspecified atom stereocenters. The molecule has 136 valence electrons. The van der Waals surface area contributed by atoms with Gasteiger partial charge in [-0.2, -0.15) is 13.1 Å². The number of ether oxygens (including phenoxy) is 2. The van der Waals surface area contributed by atoms with Gasteiger partial charge in [0.05, 0.1) is 12.0 Å². The van der Waals surface area contributed by atoms with Crippen LogP contribution < -0.4 is 9.47 Å². The number of sulfonamides is 1. The fraction of sp³-hybridized carbons (Fsp3) is 0.250. The fourth-order valence-corrected chi connectivity index (χ4v) is 3.56. The van der Waals surface area contributed by atoms with Gasteiger partial charge in [0.2, 0.25) is 10.0 Å². The molecule has 0 amide bonds. The molecule has 0 aliphatic carbocycles. The summed E-state index contributed by atoms with van der Waals surface area (Å²) < 4.78 is 61.1. The van der Waals surface area contributed by atoms with Crippen LogP contribution >= 0.6 is 15.9 Å². The standard InChI is InChI=1S/C16H16BrF2NO4S/c1-20(25(21,22)13-6-4-12(17)5-7-13)10-11-3-8-14(24-16(18)19)15(9-11)23-2/h3-9,16H,10H2,1-2H3. The van der Waals surface area contributed by atoms with Crippen molar-refractivity contribution in [1.29, 1.82) is 0 Å². The lowest BCUT2D eigenvalue weighted by Crippen LogP contribution is -2.26. The average molecular weight is 436 g/mol. The van der Waals surface area contributed by atoms with E-state index in [1.54, 1.807) is 12.1 Å². The van der Waals surface area contributed by atoms with Gasteiger partial charge >= 0.3 is 6.61 Å². The molecule has 0 atom stereocenters. The largest absolute Gasteiger partial charge is 0.493 e. The Bertz CT molecular complexity index is 829. The van der Waals surface area contributed by atoms with Gasteiger partial charge in [0, 0.05) is 18.1 Å². The third-order valence-electron chi connectivity index (χ3n) is 3.37. The van der Waals surface area contributed by atoms with Crippen LogP contribution in [0.1, 0.15) is 5.56 Å². The molecular weight excluding hydrogens is 420 g/mol. The van der Waals surface area contributed by atoms with E-state index in [0.29, 0.717) is 5.56 Å². The first kappa shape index (κ1) is 19.6. The van der Waals surface area contributed by atoms with Crippen molar-refractivity contribution in [1.82, 2.24) is 4.31 Å². The molecule has 0 heterocycles. The Labute approximate surface area is 153 Å². The van der Waals surface area contributed by atoms with Gasteiger partial charge in [-0.3, -0.25) is 0 Å². The van der Waals surface area contributed by atoms with Crippen LogP contribution in [0.2, 0.25) is 0 Å². The number of nitrogens with zero attached hydrogens (tertiary/aromatic N) is 1. The van der Waals surface area contributed by atoms with Crippen molar-refractivity contribution >= 4 is 26.0 Å². The third kappa shape index (κ3) is 4.90. The minimum absolute atomic E-state index is 0.0454. The highest BCUT2D eigenvalue weighted by Crippen LogP contribution is 2.30. The minimum atomic E-state index is -3.68. The van der Waals surface area contributed by atoms with Gasteiger partial charge in [-0.05, 0) is 42.0 Å². The number of benzene rings is 2. The van der Waals surface area contributed by atoms with E-state index in [1.165, 1.54) is 48.8 Å². The molecule has 2 aromatic rings. The van der Waals surface area contributed by atoms with Gasteiger partial charge in [-0.15, -0.1) is 0 Å². The van der Waals surface area contributed by atoms with E-state index in [0.717, 1.165) is 4.47 Å². The van der Waals surface area contributed by atoms with E-state index >= 15 is 0 Å². The number of rotatable bonds is 7. The van der Waals surface area contributed by atoms with E-state index in [2.05, 4.69) is 20.7 Å². The maximum absolute atomic E-state index is 12.6. The molecule has 0 fully saturated rings. The Morgan fingerprint density at radius 1 is 1.12 bits per heavy atom. The Hall–Kier alpha value is -1.71. The second-order valence-corrected chi connectivity index (χ2v) is 8.04. The van der Waals surface area contributed by atoms with E-state index in [1.807, 2.05) is 0 Å². The molecule has 2 aromatic carbocycles. The first-order valence-corrected chi connectivity index (χ1v) is 9.31. The molecule has 0 aliphatic heterocycles. The summed E-state index contributed by atoms with van der Waals surface area (Å²) in [5.41, 5.74) is 0.571. The smallest absolute Gasteiger partial charge is 0.387 e. The fourth-order valence-electron chi connectivity index (χ4n) is 2.13. The SMILES string of the molecule is COc1cc(CN(C)S(=O)(=O)c2ccc(Br)cc2)ccc1OC(F)F. The second-order valence-electron chi connectivity index (χ2n) is 5.08. The van der Waals surface area contributed by atoms with Crippen molar-refractivity contribution in [2.45, 2.75) is 18.1 Å². The maximum Gasteiger partial charge on any atom is 0.387 e. The van der Waals surface area contributed by atoms with Gasteiger partial charge in [-0.25, -0.2) is 8.42 Å². The van der Waals surface area contributed by atoms with E-state index in [4.69, 9.17) is 4.74 Å². The maximum atomic E-state index is 12.6. The zero-order valence-electron chi connectivity index (χ0n) is 13.4. The van der Waals surface area contributed by atoms with Gasteiger partial charge in [0.15, 0.2) is 11.5 Å². The van der Waals surface area contributed by atoms with Crippen LogP contribution in [0.5, 0.6) is 11.5 Å². The van der Waals surface area contributed by atoms with E-state index < -0.39 is 16.6 Å². The molecule has 5 nitrogen and oxygen atoms in total. The van der Waals surface area contributed by atoms with Crippen molar-refractivity contribution in [2.75, 3.05) is 14.2 Å². The van der Waals surface area contributed by atoms with Crippen molar-refractivity contribution in [3.05, 3.63) is 52.5 Å². The Kier molecular flexibility index (Phi) is 6.36. The lowest BCUT2D eigenvalue weighted by Gasteiger charge is -2.18. The molecule has 0 N–H and O–H groups in total. The summed E-state index contributed by atoms with van der Waals surface area (Å²) in [6, 6.07) is 10.6. The third-order valence-corrected chi connectivity index (χ3v) is 5.72. The summed E-state index contributed by atoms with van der Waals surface area (Å²) in [5, 5.41) is 0. The van der Waals surface area contributed by atoms with E-state index in [9.17, 15) is 17.2 Å². The highest BCUT2D eigenvalue weighted by atomic mass is 79.9. The van der Waals surface area contributed by atoms with E-state index in [-0.39, 0.29) is 22.9 Å². The summed E-state index contributed by atoms with van der Waals surface area (Å²) in [7, 11) is -0.925. The second kappa shape index (κ2) is 8.11. The van der Waals surface area contributed by atoms with Crippen molar-refractivity contribution in [3.8, 4) is 11.5 Å². The number of hydrogen-bond donors (Lipinski definition) is 0. The number of alkyl halides is 2. The minimum Gasteiger partial charge on any atom is -0.493 e. The molecule has 0 bridgehead atoms. The van der Waals surface area contributed by atoms with Crippen LogP contribution in [0.25, 0.3) is 0 Å². The van der Waals surface area contributed by atoms with Gasteiger partial charge in [0.1, 0.15) is 0 Å². The molecule has 9 heteroatoms. The normalized spacial score (nSPS) is 11.8. The monoisotopic (exact) mass is 435 g/mol. The molecule has 0 aliphatic rings. The zero-order valence-corrected chi connectivity index (χ0v) is 15.9. The van der Waals surface area contributed by atoms with Gasteiger partial charge in [0.25, 0.3) is 0 Å². The van der Waals surface area contributed by atoms with Crippen LogP contribution in [0, 0.1) is 0 Å². The summed E-state index contributed by atoms with van der Waals surface area (Å²) >= 11 is 3.25. The number of halogens is 3. The van der Waals surface area contributed by atoms with Crippen LogP contribution in [0.4, 0.5) is 8.78 Å². The molecule has 0 saturated carbocycles. The first-order chi connectivity index (χ1) is 11.7. The Balaban J connectivity index is 2.22. The van der Waals surface area contributed by atoms with Crippen LogP contribution in [-0.2, 0) is 16.6 Å². The Morgan fingerprint density at radius 3 is 2.32 bits per heavy atom. The first-order valence-electron chi connectivity index (χ1n) is 7.07. The van der Waals surface area contributed by atoms with Crippen LogP contribution in [0.15, 0.2) is 51.8 Å². The lowest BCUT2D eigenvalue weighted by atomic mass is 10.2. The molecule has 0 radical (unpaired) electrons. The van der Waals surface area contributed by atoms with Crippen molar-refractivity contribution in [3.63, 3.8) is 0 Å². The quantitative estimate of drug-likeness (QED) is 0.661. The highest BCUT2D eigenvalue weighted by Gasteiger charge is 2.21. The van der Waals surface area contributed by atoms with Crippen molar-refractivity contribution in [2.24, 2.45) is 0 Å². The number of hydrogen-bond acceptors (Lipinski definition) is 4. The highest BCUT2D eigenvalue weighted by molar-refractivity contribution is 9.10. The van der Waals surface area contributed by atoms with Gasteiger partial charge in [-0.1, -0.05) is 22.0 Å². The molecule has 0 saturated heterocycles. The predicted octanol–water partition coefficient (Wildman–Crippen LogP) is 3.88. The lowest BCUT2D eigenvalue weighted by molar-refractivity contribution is -0.0512. The van der Waals surface area contributed by atoms with Crippen LogP contribution in [0.3, 0.4) is 0 Å². The predicted molar refractivity (Wildman–Crippen MR) is 92.4 cm³/mol. The summed E-state index contributed by atoms with van der Waals surface area (Å²) in [6.45, 7) is -2.93. The summed E-state index contributed by atoms with van der Waals surface area (Å²) in [4.78, 5) is 0.155. The zero-order chi connectivity index (χ0) is 18.6. The van der Waals surface area contributed by atoms with Crippen LogP contribution in [-0.4, -0.2) is 33.5 Å². The summed E-state index contributed by atoms with van der Waals surface area (Å²) in [6.07, 6.45) is 0. The van der Waals surface area contributed by atoms with Crippen molar-refractivity contribution < 1.29 is 26.7 Å². The molecule has 0 aromatic heterocycles. The van der Waals surface area contributed by atoms with Gasteiger partial charge < -0.3 is 9.47 Å². The molecule has 2 rings (SSSR count). The molecular formula is C16H16BrF2NO4S. The topological polar surface area (TPSA) is 55.8 Å². The Morgan fingerprint density at radius 2 is 1.76 bits per heavy atom. The summed E-state index contributed by atoms with van der Waals surface area (Å²) in [5.74, 6) is -0.00749. The molecule has 0 spiro atoms. The molecule has 25 heavy (non-hydrogen) atoms.